The van der Waals surface area contributed by atoms with E-state index in [0.29, 0.717) is 40.8 Å². The second kappa shape index (κ2) is 13.5. The van der Waals surface area contributed by atoms with Gasteiger partial charge in [0.15, 0.2) is 5.16 Å². The maximum absolute atomic E-state index is 13.7. The maximum atomic E-state index is 13.7. The second-order valence-corrected chi connectivity index (χ2v) is 16.3. The van der Waals surface area contributed by atoms with Crippen LogP contribution >= 0.6 is 11.8 Å². The van der Waals surface area contributed by atoms with Crippen molar-refractivity contribution in [3.05, 3.63) is 24.9 Å². The molecule has 11 nitrogen and oxygen atoms in total. The molecule has 48 heavy (non-hydrogen) atoms. The monoisotopic (exact) mass is 681 g/mol. The summed E-state index contributed by atoms with van der Waals surface area (Å²) < 4.78 is 6.38. The van der Waals surface area contributed by atoms with E-state index in [1.807, 2.05) is 6.92 Å². The maximum Gasteiger partial charge on any atom is 0.316 e. The highest BCUT2D eigenvalue weighted by molar-refractivity contribution is 7.99. The third-order valence-electron chi connectivity index (χ3n) is 12.9. The molecule has 3 aliphatic carbocycles. The number of rotatable bonds is 9. The summed E-state index contributed by atoms with van der Waals surface area (Å²) in [6.45, 7) is 14.4. The molecule has 6 rings (SSSR count). The molecule has 3 heterocycles. The number of ketones is 1. The van der Waals surface area contributed by atoms with Crippen molar-refractivity contribution in [2.24, 2.45) is 39.9 Å². The van der Waals surface area contributed by atoms with Gasteiger partial charge in [0.25, 0.3) is 0 Å². The number of nitrogens with zero attached hydrogens (tertiary/aromatic N) is 3. The standard InChI is InChI=1S/C36H51N5O6S/c1-6-34(4)17-26(35(5)21(2)7-12-36(22(3)30(34)46)13-8-25(43)29(35)36)47-28(45)20-48-33-39-31-24(9-14-37-31)32(40-33)38-27(44)18-41-15-10-23(19-42)11-16-41/h6,9,14,21-23,26,29-30,42,46H,1,7-8,10-13,15-20H2,2-5H3,(H2,37,38,39,40,44)/t21-,22+,26-,29+,30+,34-,35+,36+/m1/s1. The molecule has 4 N–H and O–H groups in total. The Morgan fingerprint density at radius 2 is 1.96 bits per heavy atom. The van der Waals surface area contributed by atoms with E-state index in [1.165, 1.54) is 0 Å². The highest BCUT2D eigenvalue weighted by Gasteiger charge is 2.68. The van der Waals surface area contributed by atoms with Crippen molar-refractivity contribution < 1.29 is 29.3 Å². The smallest absolute Gasteiger partial charge is 0.316 e. The van der Waals surface area contributed by atoms with Gasteiger partial charge in [0, 0.05) is 36.0 Å². The third-order valence-corrected chi connectivity index (χ3v) is 13.7. The fraction of sp³-hybridized carbons (Fsp3) is 0.694. The Balaban J connectivity index is 1.19. The van der Waals surface area contributed by atoms with E-state index < -0.39 is 29.0 Å². The Morgan fingerprint density at radius 1 is 1.21 bits per heavy atom. The number of fused-ring (bicyclic) bond motifs is 1. The molecule has 1 aliphatic heterocycles. The Bertz CT molecular complexity index is 1560. The van der Waals surface area contributed by atoms with Gasteiger partial charge in [-0.25, -0.2) is 9.97 Å². The first-order valence-electron chi connectivity index (χ1n) is 17.5. The number of H-pyrrole nitrogens is 1. The van der Waals surface area contributed by atoms with E-state index in [0.717, 1.165) is 57.0 Å². The van der Waals surface area contributed by atoms with Crippen LogP contribution in [0.5, 0.6) is 0 Å². The Kier molecular flexibility index (Phi) is 9.85. The van der Waals surface area contributed by atoms with Gasteiger partial charge >= 0.3 is 5.97 Å². The second-order valence-electron chi connectivity index (χ2n) is 15.4. The van der Waals surface area contributed by atoms with Gasteiger partial charge in [-0.05, 0) is 80.8 Å². The molecule has 1 saturated heterocycles. The first kappa shape index (κ1) is 35.0. The molecule has 0 radical (unpaired) electrons. The van der Waals surface area contributed by atoms with Crippen LogP contribution in [0.15, 0.2) is 30.1 Å². The number of aromatic nitrogens is 3. The van der Waals surface area contributed by atoms with Crippen molar-refractivity contribution in [3.63, 3.8) is 0 Å². The lowest BCUT2D eigenvalue weighted by Crippen LogP contribution is -2.63. The van der Waals surface area contributed by atoms with Crippen LogP contribution < -0.4 is 5.32 Å². The van der Waals surface area contributed by atoms with Gasteiger partial charge in [0.1, 0.15) is 23.4 Å². The minimum atomic E-state index is -0.723. The number of piperidine rings is 1. The molecule has 1 amide bonds. The molecule has 12 heteroatoms. The van der Waals surface area contributed by atoms with E-state index in [9.17, 15) is 24.6 Å². The van der Waals surface area contributed by atoms with Crippen LogP contribution in [0, 0.1) is 39.9 Å². The van der Waals surface area contributed by atoms with Gasteiger partial charge < -0.3 is 25.3 Å². The summed E-state index contributed by atoms with van der Waals surface area (Å²) in [5.74, 6) is -0.0471. The zero-order chi connectivity index (χ0) is 34.4. The van der Waals surface area contributed by atoms with Crippen molar-refractivity contribution in [2.45, 2.75) is 90.0 Å². The summed E-state index contributed by atoms with van der Waals surface area (Å²) in [5, 5.41) is 25.1. The minimum absolute atomic E-state index is 0.0616. The van der Waals surface area contributed by atoms with Crippen molar-refractivity contribution >= 4 is 46.3 Å². The number of thioether (sulfide) groups is 1. The number of esters is 1. The van der Waals surface area contributed by atoms with Crippen LogP contribution in [0.25, 0.3) is 11.0 Å². The molecule has 2 aromatic heterocycles. The van der Waals surface area contributed by atoms with Crippen molar-refractivity contribution in [2.75, 3.05) is 37.3 Å². The van der Waals surface area contributed by atoms with Crippen molar-refractivity contribution in [3.8, 4) is 0 Å². The van der Waals surface area contributed by atoms with E-state index in [-0.39, 0.29) is 53.8 Å². The lowest BCUT2D eigenvalue weighted by atomic mass is 9.44. The molecular formula is C36H51N5O6S. The average Bonchev–Trinajstić information content (AvgIpc) is 3.70. The number of aliphatic hydroxyl groups is 2. The number of carbonyl (C=O) groups is 3. The SMILES string of the molecule is C=C[C@]1(C)C[C@@H](OC(=O)CSc2nc(NC(=O)CN3CCC(CO)CC3)c3cc[nH]c3n2)[C@]2(C)[C@H](C)CC[C@]3(CCC(=O)[C@H]32)[C@@H](C)[C@@H]1O. The molecule has 0 spiro atoms. The number of hydrogen-bond acceptors (Lipinski definition) is 10. The number of aliphatic hydroxyl groups excluding tert-OH is 2. The molecule has 8 atom stereocenters. The summed E-state index contributed by atoms with van der Waals surface area (Å²) in [6.07, 6.45) is 7.33. The number of hydrogen-bond donors (Lipinski definition) is 4. The van der Waals surface area contributed by atoms with Crippen LogP contribution in [-0.2, 0) is 19.1 Å². The molecule has 3 saturated carbocycles. The van der Waals surface area contributed by atoms with Crippen LogP contribution in [0.2, 0.25) is 0 Å². The molecule has 2 aromatic rings. The summed E-state index contributed by atoms with van der Waals surface area (Å²) in [4.78, 5) is 54.7. The van der Waals surface area contributed by atoms with Gasteiger partial charge in [0.05, 0.1) is 23.8 Å². The minimum Gasteiger partial charge on any atom is -0.461 e. The fourth-order valence-corrected chi connectivity index (χ4v) is 10.2. The number of Topliss-reactive ketones (excluding diaryl/α,β-unsaturated/α-hetero) is 1. The predicted octanol–water partition coefficient (Wildman–Crippen LogP) is 4.60. The topological polar surface area (TPSA) is 158 Å². The average molecular weight is 682 g/mol. The molecule has 4 aliphatic rings. The van der Waals surface area contributed by atoms with E-state index in [4.69, 9.17) is 4.74 Å². The van der Waals surface area contributed by atoms with Gasteiger partial charge in [-0.2, -0.15) is 0 Å². The molecule has 0 unspecified atom stereocenters. The number of nitrogens with one attached hydrogen (secondary N) is 2. The molecule has 262 valence electrons. The third kappa shape index (κ3) is 6.11. The Hall–Kier alpha value is -2.80. The molecule has 0 aromatic carbocycles. The zero-order valence-electron chi connectivity index (χ0n) is 28.7. The van der Waals surface area contributed by atoms with Crippen LogP contribution in [0.1, 0.15) is 72.6 Å². The quantitative estimate of drug-likeness (QED) is 0.128. The van der Waals surface area contributed by atoms with E-state index in [2.05, 4.69) is 52.5 Å². The molecule has 2 bridgehead atoms. The number of likely N-dealkylation sites (tertiary alicyclic amines) is 1. The van der Waals surface area contributed by atoms with Crippen molar-refractivity contribution in [1.82, 2.24) is 19.9 Å². The van der Waals surface area contributed by atoms with Crippen LogP contribution in [-0.4, -0.2) is 91.9 Å². The lowest BCUT2D eigenvalue weighted by Gasteiger charge is -2.61. The number of aromatic amines is 1. The highest BCUT2D eigenvalue weighted by atomic mass is 32.2. The Labute approximate surface area is 287 Å². The fourth-order valence-electron chi connectivity index (χ4n) is 9.60. The molecular weight excluding hydrogens is 630 g/mol. The highest BCUT2D eigenvalue weighted by Crippen LogP contribution is 2.68. The summed E-state index contributed by atoms with van der Waals surface area (Å²) in [6, 6.07) is 1.80. The van der Waals surface area contributed by atoms with Gasteiger partial charge in [-0.1, -0.05) is 45.5 Å². The molecule has 4 fully saturated rings. The summed E-state index contributed by atoms with van der Waals surface area (Å²) in [5.41, 5.74) is -1.08. The first-order chi connectivity index (χ1) is 22.8. The number of ether oxygens (including phenoxy) is 1. The number of anilines is 1. The van der Waals surface area contributed by atoms with Crippen LogP contribution in [0.3, 0.4) is 0 Å². The van der Waals surface area contributed by atoms with Gasteiger partial charge in [-0.15, -0.1) is 6.58 Å². The normalized spacial score (nSPS) is 35.9. The lowest BCUT2D eigenvalue weighted by molar-refractivity contribution is -0.205. The predicted molar refractivity (Wildman–Crippen MR) is 184 cm³/mol. The first-order valence-corrected chi connectivity index (χ1v) is 18.5. The van der Waals surface area contributed by atoms with Gasteiger partial charge in [0.2, 0.25) is 5.91 Å². The van der Waals surface area contributed by atoms with Crippen molar-refractivity contribution in [1.29, 1.82) is 0 Å². The van der Waals surface area contributed by atoms with E-state index >= 15 is 0 Å². The number of carbonyl (C=O) groups excluding carboxylic acids is 3. The van der Waals surface area contributed by atoms with E-state index in [1.54, 1.807) is 18.3 Å². The zero-order valence-corrected chi connectivity index (χ0v) is 29.5. The van der Waals surface area contributed by atoms with Crippen LogP contribution in [0.4, 0.5) is 5.82 Å². The van der Waals surface area contributed by atoms with Gasteiger partial charge in [-0.3, -0.25) is 19.3 Å². The number of amides is 1. The Morgan fingerprint density at radius 3 is 2.67 bits per heavy atom. The summed E-state index contributed by atoms with van der Waals surface area (Å²) >= 11 is 1.13. The summed E-state index contributed by atoms with van der Waals surface area (Å²) in [7, 11) is 0. The largest absolute Gasteiger partial charge is 0.461 e.